The third-order valence-electron chi connectivity index (χ3n) is 3.26. The first kappa shape index (κ1) is 14.8. The van der Waals surface area contributed by atoms with Crippen LogP contribution in [0.2, 0.25) is 0 Å². The van der Waals surface area contributed by atoms with E-state index < -0.39 is 5.97 Å². The molecule has 1 saturated heterocycles. The van der Waals surface area contributed by atoms with Gasteiger partial charge < -0.3 is 20.2 Å². The number of hydrogen-bond donors (Lipinski definition) is 2. The molecule has 0 aromatic carbocycles. The fraction of sp³-hybridized carbons (Fsp3) is 0.833. The predicted molar refractivity (Wildman–Crippen MR) is 68.5 cm³/mol. The zero-order valence-corrected chi connectivity index (χ0v) is 11.2. The van der Waals surface area contributed by atoms with E-state index in [-0.39, 0.29) is 12.5 Å². The van der Waals surface area contributed by atoms with Crippen molar-refractivity contribution in [1.29, 1.82) is 0 Å². The Balaban J connectivity index is 2.13. The third-order valence-corrected chi connectivity index (χ3v) is 3.26. The highest BCUT2D eigenvalue weighted by molar-refractivity contribution is 5.73. The molecule has 2 N–H and O–H groups in total. The van der Waals surface area contributed by atoms with E-state index in [1.807, 2.05) is 0 Å². The standard InChI is InChI=1S/C12H23N3O3/c1-14-7-5-10(9-14)8-13-12(18)15(2)6-3-4-11(16)17/h10H,3-9H2,1-2H3,(H,13,18)(H,16,17). The van der Waals surface area contributed by atoms with Gasteiger partial charge >= 0.3 is 12.0 Å². The van der Waals surface area contributed by atoms with Gasteiger partial charge in [0.1, 0.15) is 0 Å². The number of carboxylic acid groups (broad SMARTS) is 1. The summed E-state index contributed by atoms with van der Waals surface area (Å²) in [5, 5.41) is 11.4. The zero-order valence-electron chi connectivity index (χ0n) is 11.2. The maximum absolute atomic E-state index is 11.7. The molecule has 0 radical (unpaired) electrons. The molecule has 0 aromatic heterocycles. The molecule has 1 unspecified atom stereocenters. The number of nitrogens with zero attached hydrogens (tertiary/aromatic N) is 2. The molecule has 2 amide bonds. The first-order valence-corrected chi connectivity index (χ1v) is 6.38. The molecule has 18 heavy (non-hydrogen) atoms. The van der Waals surface area contributed by atoms with Gasteiger partial charge in [0.25, 0.3) is 0 Å². The van der Waals surface area contributed by atoms with E-state index in [4.69, 9.17) is 5.11 Å². The lowest BCUT2D eigenvalue weighted by atomic mass is 10.1. The van der Waals surface area contributed by atoms with Crippen LogP contribution in [0.4, 0.5) is 4.79 Å². The van der Waals surface area contributed by atoms with Crippen molar-refractivity contribution in [1.82, 2.24) is 15.1 Å². The van der Waals surface area contributed by atoms with Gasteiger partial charge in [-0.3, -0.25) is 4.79 Å². The molecule has 0 spiro atoms. The molecule has 1 fully saturated rings. The number of aliphatic carboxylic acids is 1. The Bertz CT molecular complexity index is 296. The van der Waals surface area contributed by atoms with E-state index >= 15 is 0 Å². The maximum Gasteiger partial charge on any atom is 0.317 e. The molecular weight excluding hydrogens is 234 g/mol. The predicted octanol–water partition coefficient (Wildman–Crippen LogP) is 0.444. The van der Waals surface area contributed by atoms with Crippen LogP contribution in [0.1, 0.15) is 19.3 Å². The highest BCUT2D eigenvalue weighted by Crippen LogP contribution is 2.12. The summed E-state index contributed by atoms with van der Waals surface area (Å²) in [6.45, 7) is 3.30. The Labute approximate surface area is 108 Å². The maximum atomic E-state index is 11.7. The molecule has 1 aliphatic rings. The van der Waals surface area contributed by atoms with Gasteiger partial charge in [-0.25, -0.2) is 4.79 Å². The van der Waals surface area contributed by atoms with Gasteiger partial charge in [0, 0.05) is 33.1 Å². The van der Waals surface area contributed by atoms with Crippen LogP contribution in [0.5, 0.6) is 0 Å². The number of hydrogen-bond acceptors (Lipinski definition) is 3. The van der Waals surface area contributed by atoms with E-state index in [0.717, 1.165) is 19.5 Å². The lowest BCUT2D eigenvalue weighted by Gasteiger charge is -2.19. The Morgan fingerprint density at radius 2 is 2.22 bits per heavy atom. The normalized spacial score (nSPS) is 19.8. The van der Waals surface area contributed by atoms with E-state index in [0.29, 0.717) is 25.4 Å². The van der Waals surface area contributed by atoms with Crippen molar-refractivity contribution in [3.8, 4) is 0 Å². The lowest BCUT2D eigenvalue weighted by Crippen LogP contribution is -2.40. The largest absolute Gasteiger partial charge is 0.481 e. The van der Waals surface area contributed by atoms with Gasteiger partial charge in [-0.2, -0.15) is 0 Å². The molecule has 1 rings (SSSR count). The van der Waals surface area contributed by atoms with Gasteiger partial charge in [-0.1, -0.05) is 0 Å². The van der Waals surface area contributed by atoms with Crippen LogP contribution in [0.15, 0.2) is 0 Å². The van der Waals surface area contributed by atoms with Gasteiger partial charge in [0.15, 0.2) is 0 Å². The number of urea groups is 1. The van der Waals surface area contributed by atoms with Crippen molar-refractivity contribution in [2.45, 2.75) is 19.3 Å². The van der Waals surface area contributed by atoms with Crippen LogP contribution >= 0.6 is 0 Å². The number of nitrogens with one attached hydrogen (secondary N) is 1. The number of rotatable bonds is 6. The summed E-state index contributed by atoms with van der Waals surface area (Å²) in [5.41, 5.74) is 0. The summed E-state index contributed by atoms with van der Waals surface area (Å²) in [6, 6.07) is -0.116. The molecule has 0 bridgehead atoms. The van der Waals surface area contributed by atoms with Crippen LogP contribution in [-0.2, 0) is 4.79 Å². The van der Waals surface area contributed by atoms with Crippen LogP contribution in [0, 0.1) is 5.92 Å². The van der Waals surface area contributed by atoms with Crippen LogP contribution in [0.3, 0.4) is 0 Å². The summed E-state index contributed by atoms with van der Waals surface area (Å²) in [4.78, 5) is 25.9. The molecule has 0 aliphatic carbocycles. The molecule has 6 heteroatoms. The minimum atomic E-state index is -0.821. The second kappa shape index (κ2) is 7.20. The second-order valence-corrected chi connectivity index (χ2v) is 5.02. The molecule has 1 aliphatic heterocycles. The van der Waals surface area contributed by atoms with Gasteiger partial charge in [0.2, 0.25) is 0 Å². The van der Waals surface area contributed by atoms with E-state index in [2.05, 4.69) is 17.3 Å². The van der Waals surface area contributed by atoms with Gasteiger partial charge in [-0.15, -0.1) is 0 Å². The molecule has 6 nitrogen and oxygen atoms in total. The number of carbonyl (C=O) groups excluding carboxylic acids is 1. The van der Waals surface area contributed by atoms with E-state index in [1.54, 1.807) is 11.9 Å². The number of likely N-dealkylation sites (tertiary alicyclic amines) is 1. The van der Waals surface area contributed by atoms with Crippen LogP contribution in [-0.4, -0.2) is 67.2 Å². The van der Waals surface area contributed by atoms with Crippen molar-refractivity contribution in [3.63, 3.8) is 0 Å². The van der Waals surface area contributed by atoms with Crippen molar-refractivity contribution >= 4 is 12.0 Å². The summed E-state index contributed by atoms with van der Waals surface area (Å²) < 4.78 is 0. The average molecular weight is 257 g/mol. The molecule has 104 valence electrons. The fourth-order valence-electron chi connectivity index (χ4n) is 2.13. The molecule has 1 atom stereocenters. The minimum absolute atomic E-state index is 0.102. The fourth-order valence-corrected chi connectivity index (χ4v) is 2.13. The smallest absolute Gasteiger partial charge is 0.317 e. The lowest BCUT2D eigenvalue weighted by molar-refractivity contribution is -0.137. The molecule has 0 saturated carbocycles. The Hall–Kier alpha value is -1.30. The molecular formula is C12H23N3O3. The van der Waals surface area contributed by atoms with E-state index in [9.17, 15) is 9.59 Å². The quantitative estimate of drug-likeness (QED) is 0.724. The van der Waals surface area contributed by atoms with Crippen molar-refractivity contribution in [2.75, 3.05) is 40.3 Å². The summed E-state index contributed by atoms with van der Waals surface area (Å²) >= 11 is 0. The summed E-state index contributed by atoms with van der Waals surface area (Å²) in [6.07, 6.45) is 1.72. The molecule has 1 heterocycles. The van der Waals surface area contributed by atoms with Crippen LogP contribution < -0.4 is 5.32 Å². The average Bonchev–Trinajstić information content (AvgIpc) is 2.71. The van der Waals surface area contributed by atoms with E-state index in [1.165, 1.54) is 0 Å². The van der Waals surface area contributed by atoms with Crippen molar-refractivity contribution < 1.29 is 14.7 Å². The molecule has 0 aromatic rings. The Morgan fingerprint density at radius 3 is 2.78 bits per heavy atom. The third kappa shape index (κ3) is 5.35. The van der Waals surface area contributed by atoms with Gasteiger partial charge in [-0.05, 0) is 32.4 Å². The number of carbonyl (C=O) groups is 2. The summed E-state index contributed by atoms with van der Waals surface area (Å²) in [7, 11) is 3.78. The monoisotopic (exact) mass is 257 g/mol. The van der Waals surface area contributed by atoms with Crippen molar-refractivity contribution in [3.05, 3.63) is 0 Å². The highest BCUT2D eigenvalue weighted by atomic mass is 16.4. The number of amides is 2. The van der Waals surface area contributed by atoms with Gasteiger partial charge in [0.05, 0.1) is 0 Å². The summed E-state index contributed by atoms with van der Waals surface area (Å²) in [5.74, 6) is -0.288. The van der Waals surface area contributed by atoms with Crippen molar-refractivity contribution in [2.24, 2.45) is 5.92 Å². The Morgan fingerprint density at radius 1 is 1.50 bits per heavy atom. The highest BCUT2D eigenvalue weighted by Gasteiger charge is 2.20. The first-order valence-electron chi connectivity index (χ1n) is 6.38. The first-order chi connectivity index (χ1) is 8.49. The SMILES string of the molecule is CN1CCC(CNC(=O)N(C)CCCC(=O)O)C1. The number of carboxylic acids is 1. The minimum Gasteiger partial charge on any atom is -0.481 e. The zero-order chi connectivity index (χ0) is 13.5. The second-order valence-electron chi connectivity index (χ2n) is 5.02. The Kier molecular flexibility index (Phi) is 5.91. The van der Waals surface area contributed by atoms with Crippen LogP contribution in [0.25, 0.3) is 0 Å². The topological polar surface area (TPSA) is 72.9 Å².